The predicted molar refractivity (Wildman–Crippen MR) is 123 cm³/mol. The molecule has 0 saturated heterocycles. The fourth-order valence-corrected chi connectivity index (χ4v) is 2.34. The average Bonchev–Trinajstić information content (AvgIpc) is 2.84. The molecule has 0 aromatic carbocycles. The molecule has 0 aliphatic rings. The van der Waals surface area contributed by atoms with Crippen LogP contribution in [0.4, 0.5) is 0 Å². The lowest BCUT2D eigenvalue weighted by molar-refractivity contribution is -0.146. The van der Waals surface area contributed by atoms with Gasteiger partial charge in [0, 0.05) is 6.42 Å². The summed E-state index contributed by atoms with van der Waals surface area (Å²) in [6.07, 6.45) is 3.49. The molecule has 0 heterocycles. The van der Waals surface area contributed by atoms with Gasteiger partial charge in [0.2, 0.25) is 0 Å². The van der Waals surface area contributed by atoms with E-state index < -0.39 is 5.97 Å². The van der Waals surface area contributed by atoms with Crippen molar-refractivity contribution in [2.75, 3.05) is 106 Å². The molecule has 0 unspecified atom stereocenters. The fraction of sp³-hybridized carbons (Fsp3) is 0.913. The van der Waals surface area contributed by atoms with E-state index in [2.05, 4.69) is 11.7 Å². The molecule has 0 bridgehead atoms. The van der Waals surface area contributed by atoms with Crippen LogP contribution in [0.25, 0.3) is 0 Å². The van der Waals surface area contributed by atoms with Gasteiger partial charge in [0.1, 0.15) is 13.2 Å². The summed E-state index contributed by atoms with van der Waals surface area (Å²) in [6.45, 7) is 8.11. The molecule has 0 aliphatic heterocycles. The number of esters is 2. The maximum absolute atomic E-state index is 11.4. The van der Waals surface area contributed by atoms with E-state index in [1.54, 1.807) is 0 Å². The van der Waals surface area contributed by atoms with E-state index in [-0.39, 0.29) is 19.2 Å². The minimum absolute atomic E-state index is 0.0696. The molecule has 0 rings (SSSR count). The summed E-state index contributed by atoms with van der Waals surface area (Å²) in [7, 11) is 1.31. The molecule has 11 nitrogen and oxygen atoms in total. The molecular weight excluding hydrogens is 452 g/mol. The molecule has 11 heteroatoms. The maximum Gasteiger partial charge on any atom is 0.331 e. The van der Waals surface area contributed by atoms with Gasteiger partial charge >= 0.3 is 11.9 Å². The Bertz CT molecular complexity index is 449. The van der Waals surface area contributed by atoms with Crippen molar-refractivity contribution in [3.05, 3.63) is 0 Å². The number of carbonyl (C=O) groups is 2. The van der Waals surface area contributed by atoms with Gasteiger partial charge in [-0.3, -0.25) is 4.79 Å². The van der Waals surface area contributed by atoms with Gasteiger partial charge in [-0.1, -0.05) is 19.8 Å². The molecule has 202 valence electrons. The monoisotopic (exact) mass is 496 g/mol. The third kappa shape index (κ3) is 26.9. The minimum atomic E-state index is -0.408. The minimum Gasteiger partial charge on any atom is -0.467 e. The molecule has 0 radical (unpaired) electrons. The number of rotatable bonds is 27. The van der Waals surface area contributed by atoms with Crippen LogP contribution in [-0.4, -0.2) is 118 Å². The zero-order valence-corrected chi connectivity index (χ0v) is 20.9. The smallest absolute Gasteiger partial charge is 0.331 e. The van der Waals surface area contributed by atoms with Crippen LogP contribution in [0.3, 0.4) is 0 Å². The van der Waals surface area contributed by atoms with Crippen LogP contribution in [0.5, 0.6) is 0 Å². The summed E-state index contributed by atoms with van der Waals surface area (Å²) in [6, 6.07) is 0. The normalized spacial score (nSPS) is 11.0. The average molecular weight is 497 g/mol. The van der Waals surface area contributed by atoms with Crippen molar-refractivity contribution in [2.45, 2.75) is 32.6 Å². The Kier molecular flexibility index (Phi) is 26.8. The Morgan fingerprint density at radius 3 is 1.26 bits per heavy atom. The van der Waals surface area contributed by atoms with E-state index >= 15 is 0 Å². The first-order valence-electron chi connectivity index (χ1n) is 12.0. The summed E-state index contributed by atoms with van der Waals surface area (Å²) in [5, 5.41) is 0. The highest BCUT2D eigenvalue weighted by atomic mass is 16.6. The highest BCUT2D eigenvalue weighted by molar-refractivity contribution is 5.70. The van der Waals surface area contributed by atoms with Gasteiger partial charge in [-0.05, 0) is 6.42 Å². The lowest BCUT2D eigenvalue weighted by Crippen LogP contribution is -2.16. The number of hydrogen-bond acceptors (Lipinski definition) is 11. The van der Waals surface area contributed by atoms with Gasteiger partial charge in [0.05, 0.1) is 93.0 Å². The van der Waals surface area contributed by atoms with Crippen LogP contribution in [0.15, 0.2) is 0 Å². The zero-order chi connectivity index (χ0) is 25.0. The van der Waals surface area contributed by atoms with E-state index in [4.69, 9.17) is 37.9 Å². The second-order valence-corrected chi connectivity index (χ2v) is 6.98. The predicted octanol–water partition coefficient (Wildman–Crippen LogP) is 1.40. The van der Waals surface area contributed by atoms with E-state index in [9.17, 15) is 9.59 Å². The SMILES string of the molecule is CCCCCC(=O)OCCOCCOCCOCCOCCOCCOCCOCC(=O)OC. The first-order valence-corrected chi connectivity index (χ1v) is 12.0. The van der Waals surface area contributed by atoms with Gasteiger partial charge in [0.25, 0.3) is 0 Å². The van der Waals surface area contributed by atoms with Crippen molar-refractivity contribution in [1.82, 2.24) is 0 Å². The Balaban J connectivity index is 3.09. The quantitative estimate of drug-likeness (QED) is 0.121. The third-order valence-electron chi connectivity index (χ3n) is 4.15. The van der Waals surface area contributed by atoms with Crippen LogP contribution in [0.2, 0.25) is 0 Å². The van der Waals surface area contributed by atoms with E-state index in [0.29, 0.717) is 92.3 Å². The molecule has 0 spiro atoms. The van der Waals surface area contributed by atoms with Gasteiger partial charge in [-0.2, -0.15) is 0 Å². The van der Waals surface area contributed by atoms with Gasteiger partial charge in [-0.15, -0.1) is 0 Å². The molecule has 0 saturated carbocycles. The molecule has 0 fully saturated rings. The number of unbranched alkanes of at least 4 members (excludes halogenated alkanes) is 2. The van der Waals surface area contributed by atoms with E-state index in [0.717, 1.165) is 19.3 Å². The second kappa shape index (κ2) is 27.9. The van der Waals surface area contributed by atoms with Crippen molar-refractivity contribution < 1.29 is 52.2 Å². The zero-order valence-electron chi connectivity index (χ0n) is 20.9. The molecule has 0 N–H and O–H groups in total. The topological polar surface area (TPSA) is 117 Å². The molecule has 0 atom stereocenters. The fourth-order valence-electron chi connectivity index (χ4n) is 2.34. The third-order valence-corrected chi connectivity index (χ3v) is 4.15. The van der Waals surface area contributed by atoms with Crippen molar-refractivity contribution in [1.29, 1.82) is 0 Å². The Labute approximate surface area is 203 Å². The van der Waals surface area contributed by atoms with E-state index in [1.807, 2.05) is 0 Å². The molecule has 0 aliphatic carbocycles. The second-order valence-electron chi connectivity index (χ2n) is 6.98. The molecule has 0 aromatic rings. The highest BCUT2D eigenvalue weighted by Crippen LogP contribution is 2.00. The van der Waals surface area contributed by atoms with Crippen molar-refractivity contribution in [3.8, 4) is 0 Å². The summed E-state index contributed by atoms with van der Waals surface area (Å²) in [5.74, 6) is -0.571. The van der Waals surface area contributed by atoms with Gasteiger partial charge < -0.3 is 42.6 Å². The first kappa shape index (κ1) is 32.7. The van der Waals surface area contributed by atoms with Gasteiger partial charge in [-0.25, -0.2) is 4.79 Å². The first-order chi connectivity index (χ1) is 16.7. The van der Waals surface area contributed by atoms with Crippen LogP contribution in [0, 0.1) is 0 Å². The number of hydrogen-bond donors (Lipinski definition) is 0. The molecular formula is C23H44O11. The van der Waals surface area contributed by atoms with Gasteiger partial charge in [0.15, 0.2) is 0 Å². The Morgan fingerprint density at radius 2 is 0.882 bits per heavy atom. The number of carbonyl (C=O) groups excluding carboxylic acids is 2. The lowest BCUT2D eigenvalue weighted by Gasteiger charge is -2.08. The molecule has 0 aromatic heterocycles. The largest absolute Gasteiger partial charge is 0.467 e. The molecule has 0 amide bonds. The highest BCUT2D eigenvalue weighted by Gasteiger charge is 2.02. The van der Waals surface area contributed by atoms with Crippen LogP contribution in [0.1, 0.15) is 32.6 Å². The van der Waals surface area contributed by atoms with Crippen LogP contribution >= 0.6 is 0 Å². The lowest BCUT2D eigenvalue weighted by atomic mass is 10.2. The summed E-state index contributed by atoms with van der Waals surface area (Å²) >= 11 is 0. The standard InChI is InChI=1S/C23H44O11/c1-3-4-5-6-22(24)34-20-19-32-16-15-30-12-11-28-8-7-27-9-10-29-13-14-31-17-18-33-21-23(25)26-2/h3-21H2,1-2H3. The molecule has 34 heavy (non-hydrogen) atoms. The van der Waals surface area contributed by atoms with Crippen molar-refractivity contribution in [3.63, 3.8) is 0 Å². The number of ether oxygens (including phenoxy) is 9. The van der Waals surface area contributed by atoms with Crippen molar-refractivity contribution in [2.24, 2.45) is 0 Å². The number of methoxy groups -OCH3 is 1. The van der Waals surface area contributed by atoms with Crippen LogP contribution < -0.4 is 0 Å². The van der Waals surface area contributed by atoms with Crippen LogP contribution in [-0.2, 0) is 52.2 Å². The van der Waals surface area contributed by atoms with Crippen molar-refractivity contribution >= 4 is 11.9 Å². The Morgan fingerprint density at radius 1 is 0.500 bits per heavy atom. The summed E-state index contributed by atoms with van der Waals surface area (Å²) < 4.78 is 46.8. The Hall–Kier alpha value is -1.34. The summed E-state index contributed by atoms with van der Waals surface area (Å²) in [5.41, 5.74) is 0. The summed E-state index contributed by atoms with van der Waals surface area (Å²) in [4.78, 5) is 22.2. The van der Waals surface area contributed by atoms with E-state index in [1.165, 1.54) is 7.11 Å². The maximum atomic E-state index is 11.4.